The van der Waals surface area contributed by atoms with Crippen LogP contribution in [0.3, 0.4) is 0 Å². The van der Waals surface area contributed by atoms with Crippen LogP contribution in [-0.4, -0.2) is 58.0 Å². The Morgan fingerprint density at radius 2 is 2.00 bits per heavy atom. The van der Waals surface area contributed by atoms with E-state index in [9.17, 15) is 9.59 Å². The third-order valence-electron chi connectivity index (χ3n) is 4.50. The van der Waals surface area contributed by atoms with Gasteiger partial charge in [-0.2, -0.15) is 0 Å². The third kappa shape index (κ3) is 2.88. The summed E-state index contributed by atoms with van der Waals surface area (Å²) >= 11 is 0. The van der Waals surface area contributed by atoms with Crippen LogP contribution >= 0.6 is 0 Å². The zero-order valence-corrected chi connectivity index (χ0v) is 12.6. The Morgan fingerprint density at radius 1 is 1.23 bits per heavy atom. The highest BCUT2D eigenvalue weighted by Crippen LogP contribution is 2.27. The van der Waals surface area contributed by atoms with Gasteiger partial charge in [0.05, 0.1) is 24.0 Å². The summed E-state index contributed by atoms with van der Waals surface area (Å²) in [5.41, 5.74) is 0.907. The first-order valence-corrected chi connectivity index (χ1v) is 7.60. The van der Waals surface area contributed by atoms with Gasteiger partial charge >= 0.3 is 5.97 Å². The van der Waals surface area contributed by atoms with Crippen molar-refractivity contribution in [1.29, 1.82) is 0 Å². The molecule has 2 aliphatic heterocycles. The van der Waals surface area contributed by atoms with Gasteiger partial charge in [0.25, 0.3) is 0 Å². The first-order chi connectivity index (χ1) is 10.5. The Balaban J connectivity index is 1.62. The molecule has 0 aromatic carbocycles. The predicted octanol–water partition coefficient (Wildman–Crippen LogP) is 0.723. The minimum atomic E-state index is -0.757. The van der Waals surface area contributed by atoms with E-state index < -0.39 is 5.97 Å². The minimum Gasteiger partial charge on any atom is -0.481 e. The molecule has 1 N–H and O–H groups in total. The molecule has 2 aliphatic rings. The molecule has 2 saturated heterocycles. The summed E-state index contributed by atoms with van der Waals surface area (Å²) in [6.45, 7) is 4.10. The quantitative estimate of drug-likeness (QED) is 0.885. The summed E-state index contributed by atoms with van der Waals surface area (Å²) in [5, 5.41) is 8.89. The number of aromatic nitrogens is 2. The molecular formula is C15H20N4O3. The zero-order chi connectivity index (χ0) is 15.7. The van der Waals surface area contributed by atoms with Crippen molar-refractivity contribution in [3.8, 4) is 0 Å². The van der Waals surface area contributed by atoms with Crippen molar-refractivity contribution in [3.63, 3.8) is 0 Å². The second-order valence-electron chi connectivity index (χ2n) is 6.04. The van der Waals surface area contributed by atoms with Crippen LogP contribution in [0.15, 0.2) is 12.4 Å². The predicted molar refractivity (Wildman–Crippen MR) is 79.6 cm³/mol. The Labute approximate surface area is 129 Å². The number of amides is 1. The first kappa shape index (κ1) is 14.7. The molecule has 0 aliphatic carbocycles. The number of hydrogen-bond acceptors (Lipinski definition) is 5. The van der Waals surface area contributed by atoms with Crippen LogP contribution in [0.1, 0.15) is 31.4 Å². The molecule has 2 fully saturated rings. The van der Waals surface area contributed by atoms with Gasteiger partial charge in [-0.15, -0.1) is 0 Å². The smallest absolute Gasteiger partial charge is 0.310 e. The number of hydrogen-bond donors (Lipinski definition) is 1. The number of carbonyl (C=O) groups excluding carboxylic acids is 1. The summed E-state index contributed by atoms with van der Waals surface area (Å²) in [6, 6.07) is 0. The first-order valence-electron chi connectivity index (χ1n) is 7.60. The van der Waals surface area contributed by atoms with Crippen LogP contribution in [0.5, 0.6) is 0 Å². The Morgan fingerprint density at radius 3 is 2.59 bits per heavy atom. The van der Waals surface area contributed by atoms with Gasteiger partial charge in [0, 0.05) is 39.0 Å². The number of likely N-dealkylation sites (tertiary alicyclic amines) is 1. The highest BCUT2D eigenvalue weighted by molar-refractivity contribution is 5.74. The molecule has 7 nitrogen and oxygen atoms in total. The molecule has 0 saturated carbocycles. The van der Waals surface area contributed by atoms with E-state index in [-0.39, 0.29) is 17.7 Å². The lowest BCUT2D eigenvalue weighted by molar-refractivity contribution is -0.142. The molecular weight excluding hydrogens is 284 g/mol. The van der Waals surface area contributed by atoms with Gasteiger partial charge in [-0.1, -0.05) is 0 Å². The summed E-state index contributed by atoms with van der Waals surface area (Å²) in [6.07, 6.45) is 5.47. The maximum Gasteiger partial charge on any atom is 0.310 e. The van der Waals surface area contributed by atoms with E-state index in [2.05, 4.69) is 9.97 Å². The van der Waals surface area contributed by atoms with Crippen LogP contribution in [0.4, 0.5) is 5.82 Å². The van der Waals surface area contributed by atoms with Crippen molar-refractivity contribution in [2.45, 2.75) is 25.7 Å². The summed E-state index contributed by atoms with van der Waals surface area (Å²) in [4.78, 5) is 35.0. The zero-order valence-electron chi connectivity index (χ0n) is 12.6. The molecule has 22 heavy (non-hydrogen) atoms. The third-order valence-corrected chi connectivity index (χ3v) is 4.50. The number of aliphatic carboxylic acids is 1. The fraction of sp³-hybridized carbons (Fsp3) is 0.600. The number of carboxylic acids is 1. The van der Waals surface area contributed by atoms with Crippen molar-refractivity contribution in [1.82, 2.24) is 14.9 Å². The Bertz CT molecular complexity index is 569. The van der Waals surface area contributed by atoms with Gasteiger partial charge in [0.15, 0.2) is 0 Å². The second-order valence-corrected chi connectivity index (χ2v) is 6.04. The van der Waals surface area contributed by atoms with E-state index in [0.717, 1.165) is 30.9 Å². The second kappa shape index (κ2) is 5.90. The normalized spacial score (nSPS) is 22.3. The Kier molecular flexibility index (Phi) is 3.96. The highest BCUT2D eigenvalue weighted by atomic mass is 16.4. The molecule has 7 heteroatoms. The lowest BCUT2D eigenvalue weighted by Crippen LogP contribution is -2.50. The molecule has 0 bridgehead atoms. The van der Waals surface area contributed by atoms with E-state index in [4.69, 9.17) is 5.11 Å². The van der Waals surface area contributed by atoms with Crippen molar-refractivity contribution in [2.75, 3.05) is 31.1 Å². The molecule has 3 rings (SSSR count). The van der Waals surface area contributed by atoms with Crippen molar-refractivity contribution in [3.05, 3.63) is 18.1 Å². The van der Waals surface area contributed by atoms with Crippen LogP contribution in [-0.2, 0) is 9.59 Å². The van der Waals surface area contributed by atoms with E-state index in [0.29, 0.717) is 19.6 Å². The van der Waals surface area contributed by atoms with Gasteiger partial charge in [0.1, 0.15) is 5.82 Å². The SMILES string of the molecule is CC(=O)N1CCCC(c2cnc(N3CC(C(=O)O)C3)cn2)C1. The van der Waals surface area contributed by atoms with E-state index in [1.165, 1.54) is 0 Å². The fourth-order valence-electron chi connectivity index (χ4n) is 3.03. The van der Waals surface area contributed by atoms with Gasteiger partial charge in [-0.05, 0) is 12.8 Å². The number of piperidine rings is 1. The van der Waals surface area contributed by atoms with E-state index >= 15 is 0 Å². The van der Waals surface area contributed by atoms with Crippen LogP contribution < -0.4 is 4.90 Å². The van der Waals surface area contributed by atoms with Crippen LogP contribution in [0.2, 0.25) is 0 Å². The highest BCUT2D eigenvalue weighted by Gasteiger charge is 2.33. The largest absolute Gasteiger partial charge is 0.481 e. The average molecular weight is 304 g/mol. The molecule has 1 unspecified atom stereocenters. The van der Waals surface area contributed by atoms with Gasteiger partial charge < -0.3 is 14.9 Å². The Hall–Kier alpha value is -2.18. The fourth-order valence-corrected chi connectivity index (χ4v) is 3.03. The lowest BCUT2D eigenvalue weighted by atomic mass is 9.95. The summed E-state index contributed by atoms with van der Waals surface area (Å²) in [5.74, 6) is 0.00807. The molecule has 1 aromatic rings. The lowest BCUT2D eigenvalue weighted by Gasteiger charge is -2.37. The van der Waals surface area contributed by atoms with Crippen LogP contribution in [0.25, 0.3) is 0 Å². The molecule has 1 aromatic heterocycles. The average Bonchev–Trinajstić information content (AvgIpc) is 2.46. The number of rotatable bonds is 3. The number of nitrogens with zero attached hydrogens (tertiary/aromatic N) is 4. The number of carboxylic acid groups (broad SMARTS) is 1. The summed E-state index contributed by atoms with van der Waals surface area (Å²) < 4.78 is 0. The molecule has 0 spiro atoms. The molecule has 3 heterocycles. The van der Waals surface area contributed by atoms with Crippen LogP contribution in [0, 0.1) is 5.92 Å². The number of anilines is 1. The standard InChI is InChI=1S/C15H20N4O3/c1-10(20)18-4-2-3-11(7-18)13-5-17-14(6-16-13)19-8-12(9-19)15(21)22/h5-6,11-12H,2-4,7-9H2,1H3,(H,21,22). The van der Waals surface area contributed by atoms with Gasteiger partial charge in [-0.25, -0.2) is 4.98 Å². The molecule has 0 radical (unpaired) electrons. The van der Waals surface area contributed by atoms with Crippen molar-refractivity contribution >= 4 is 17.7 Å². The molecule has 118 valence electrons. The summed E-state index contributed by atoms with van der Waals surface area (Å²) in [7, 11) is 0. The van der Waals surface area contributed by atoms with Crippen molar-refractivity contribution in [2.24, 2.45) is 5.92 Å². The van der Waals surface area contributed by atoms with Gasteiger partial charge in [-0.3, -0.25) is 14.6 Å². The molecule has 1 atom stereocenters. The maximum absolute atomic E-state index is 11.5. The topological polar surface area (TPSA) is 86.6 Å². The van der Waals surface area contributed by atoms with Crippen molar-refractivity contribution < 1.29 is 14.7 Å². The van der Waals surface area contributed by atoms with E-state index in [1.54, 1.807) is 19.3 Å². The van der Waals surface area contributed by atoms with E-state index in [1.807, 2.05) is 9.80 Å². The molecule has 1 amide bonds. The number of carbonyl (C=O) groups is 2. The van der Waals surface area contributed by atoms with Gasteiger partial charge in [0.2, 0.25) is 5.91 Å². The maximum atomic E-state index is 11.5. The monoisotopic (exact) mass is 304 g/mol. The minimum absolute atomic E-state index is 0.106.